The number of anilines is 1. The summed E-state index contributed by atoms with van der Waals surface area (Å²) in [5.74, 6) is -0.0113. The lowest BCUT2D eigenvalue weighted by atomic mass is 9.75. The Morgan fingerprint density at radius 1 is 1.05 bits per heavy atom. The summed E-state index contributed by atoms with van der Waals surface area (Å²) in [5.41, 5.74) is 2.54. The van der Waals surface area contributed by atoms with E-state index >= 15 is 0 Å². The molecular formula is C29H36N4O5S. The van der Waals surface area contributed by atoms with Crippen molar-refractivity contribution in [2.75, 3.05) is 25.1 Å². The number of hydrogen-bond donors (Lipinski definition) is 2. The highest BCUT2D eigenvalue weighted by molar-refractivity contribution is 7.89. The molecule has 0 bridgehead atoms. The van der Waals surface area contributed by atoms with Gasteiger partial charge in [-0.3, -0.25) is 4.79 Å². The first kappa shape index (κ1) is 28.7. The summed E-state index contributed by atoms with van der Waals surface area (Å²) in [4.78, 5) is 19.4. The van der Waals surface area contributed by atoms with E-state index in [0.717, 1.165) is 38.0 Å². The summed E-state index contributed by atoms with van der Waals surface area (Å²) in [6, 6.07) is 18.0. The maximum atomic E-state index is 13.6. The van der Waals surface area contributed by atoms with Crippen LogP contribution in [0.5, 0.6) is 0 Å². The highest BCUT2D eigenvalue weighted by Gasteiger charge is 2.29. The highest BCUT2D eigenvalue weighted by Crippen LogP contribution is 2.34. The Bertz CT molecular complexity index is 1340. The number of rotatable bonds is 12. The molecule has 39 heavy (non-hydrogen) atoms. The first-order valence-electron chi connectivity index (χ1n) is 13.1. The quantitative estimate of drug-likeness (QED) is 0.338. The van der Waals surface area contributed by atoms with Crippen LogP contribution in [0.25, 0.3) is 0 Å². The molecule has 0 aliphatic carbocycles. The van der Waals surface area contributed by atoms with Gasteiger partial charge in [-0.25, -0.2) is 18.4 Å². The van der Waals surface area contributed by atoms with Crippen LogP contribution in [0.2, 0.25) is 0 Å². The van der Waals surface area contributed by atoms with Gasteiger partial charge in [0.05, 0.1) is 12.2 Å². The van der Waals surface area contributed by atoms with Crippen molar-refractivity contribution in [3.8, 4) is 0 Å². The average Bonchev–Trinajstić information content (AvgIpc) is 2.93. The third-order valence-electron chi connectivity index (χ3n) is 7.04. The van der Waals surface area contributed by atoms with Crippen molar-refractivity contribution in [3.05, 3.63) is 83.7 Å². The van der Waals surface area contributed by atoms with Crippen molar-refractivity contribution in [2.24, 2.45) is 5.92 Å². The van der Waals surface area contributed by atoms with Gasteiger partial charge in [0.1, 0.15) is 12.4 Å². The lowest BCUT2D eigenvalue weighted by Gasteiger charge is -2.32. The zero-order valence-corrected chi connectivity index (χ0v) is 23.2. The summed E-state index contributed by atoms with van der Waals surface area (Å²) >= 11 is 0. The number of pyridine rings is 2. The van der Waals surface area contributed by atoms with Crippen LogP contribution < -0.4 is 5.32 Å². The first-order chi connectivity index (χ1) is 18.6. The molecule has 3 heterocycles. The van der Waals surface area contributed by atoms with Crippen LogP contribution in [-0.4, -0.2) is 53.5 Å². The molecule has 2 aromatic heterocycles. The summed E-state index contributed by atoms with van der Waals surface area (Å²) in [7, 11) is -3.94. The van der Waals surface area contributed by atoms with Gasteiger partial charge >= 0.3 is 5.97 Å². The molecule has 0 atom stereocenters. The Morgan fingerprint density at radius 3 is 2.46 bits per heavy atom. The van der Waals surface area contributed by atoms with Crippen molar-refractivity contribution in [1.29, 1.82) is 0 Å². The minimum absolute atomic E-state index is 0.00149. The largest absolute Gasteiger partial charge is 0.480 e. The zero-order valence-electron chi connectivity index (χ0n) is 22.4. The lowest BCUT2D eigenvalue weighted by Crippen LogP contribution is -2.31. The molecule has 208 valence electrons. The van der Waals surface area contributed by atoms with Crippen molar-refractivity contribution in [2.45, 2.75) is 56.6 Å². The summed E-state index contributed by atoms with van der Waals surface area (Å²) in [6.07, 6.45) is 4.70. The number of carbonyl (C=O) groups is 1. The predicted molar refractivity (Wildman–Crippen MR) is 149 cm³/mol. The number of aromatic nitrogens is 2. The van der Waals surface area contributed by atoms with Gasteiger partial charge in [0.15, 0.2) is 5.03 Å². The minimum Gasteiger partial charge on any atom is -0.480 e. The van der Waals surface area contributed by atoms with Crippen molar-refractivity contribution < 1.29 is 23.1 Å². The Labute approximate surface area is 230 Å². The smallest absolute Gasteiger partial charge is 0.322 e. The van der Waals surface area contributed by atoms with Crippen LogP contribution in [0.15, 0.2) is 71.9 Å². The maximum absolute atomic E-state index is 13.6. The van der Waals surface area contributed by atoms with Crippen LogP contribution in [-0.2, 0) is 38.1 Å². The predicted octanol–water partition coefficient (Wildman–Crippen LogP) is 4.46. The topological polar surface area (TPSA) is 122 Å². The molecule has 1 aliphatic rings. The van der Waals surface area contributed by atoms with Crippen LogP contribution in [0.1, 0.15) is 49.9 Å². The minimum atomic E-state index is -3.94. The lowest BCUT2D eigenvalue weighted by molar-refractivity contribution is -0.134. The van der Waals surface area contributed by atoms with Gasteiger partial charge in [-0.2, -0.15) is 4.31 Å². The van der Waals surface area contributed by atoms with Gasteiger partial charge in [0, 0.05) is 26.0 Å². The number of nitrogens with zero attached hydrogens (tertiary/aromatic N) is 3. The third-order valence-corrected chi connectivity index (χ3v) is 8.75. The van der Waals surface area contributed by atoms with E-state index in [0.29, 0.717) is 17.4 Å². The maximum Gasteiger partial charge on any atom is 0.322 e. The number of carboxylic acids is 1. The van der Waals surface area contributed by atoms with E-state index < -0.39 is 16.0 Å². The number of carboxylic acid groups (broad SMARTS) is 1. The number of aliphatic carboxylic acids is 1. The van der Waals surface area contributed by atoms with E-state index in [4.69, 9.17) is 9.84 Å². The fraction of sp³-hybridized carbons (Fsp3) is 0.414. The molecular weight excluding hydrogens is 516 g/mol. The number of nitrogens with one attached hydrogen (secondary N) is 1. The fourth-order valence-corrected chi connectivity index (χ4v) is 6.26. The van der Waals surface area contributed by atoms with E-state index in [9.17, 15) is 13.2 Å². The van der Waals surface area contributed by atoms with Gasteiger partial charge < -0.3 is 15.2 Å². The van der Waals surface area contributed by atoms with E-state index in [1.54, 1.807) is 30.3 Å². The first-order valence-corrected chi connectivity index (χ1v) is 14.6. The average molecular weight is 553 g/mol. The standard InChI is InChI=1S/C29H36N4O5S/c1-29(2,18-22-13-16-38-17-14-22)24-11-9-23(10-12-24)20-33(39(36,37)27-8-3-4-15-30-27)21-25-6-5-7-26(32-25)31-19-28(34)35/h3-12,15,22H,13-14,16-21H2,1-2H3,(H,31,32)(H,34,35). The molecule has 1 saturated heterocycles. The van der Waals surface area contributed by atoms with Crippen molar-refractivity contribution in [3.63, 3.8) is 0 Å². The van der Waals surface area contributed by atoms with E-state index in [2.05, 4.69) is 41.3 Å². The van der Waals surface area contributed by atoms with Crippen molar-refractivity contribution >= 4 is 21.8 Å². The molecule has 0 unspecified atom stereocenters. The van der Waals surface area contributed by atoms with Gasteiger partial charge in [0.2, 0.25) is 0 Å². The second-order valence-electron chi connectivity index (χ2n) is 10.5. The van der Waals surface area contributed by atoms with E-state index in [1.807, 2.05) is 12.1 Å². The Balaban J connectivity index is 1.55. The second kappa shape index (κ2) is 12.7. The molecule has 1 aromatic carbocycles. The molecule has 1 fully saturated rings. The molecule has 10 heteroatoms. The SMILES string of the molecule is CC(C)(CC1CCOCC1)c1ccc(CN(Cc2cccc(NCC(=O)O)n2)S(=O)(=O)c2ccccn2)cc1. The number of ether oxygens (including phenoxy) is 1. The molecule has 3 aromatic rings. The molecule has 0 amide bonds. The van der Waals surface area contributed by atoms with Crippen LogP contribution in [0.3, 0.4) is 0 Å². The zero-order chi connectivity index (χ0) is 27.9. The van der Waals surface area contributed by atoms with Gasteiger partial charge in [-0.15, -0.1) is 0 Å². The molecule has 9 nitrogen and oxygen atoms in total. The highest BCUT2D eigenvalue weighted by atomic mass is 32.2. The van der Waals surface area contributed by atoms with Gasteiger partial charge in [-0.05, 0) is 66.0 Å². The summed E-state index contributed by atoms with van der Waals surface area (Å²) in [6.45, 7) is 6.01. The van der Waals surface area contributed by atoms with Gasteiger partial charge in [-0.1, -0.05) is 50.2 Å². The Morgan fingerprint density at radius 2 is 1.79 bits per heavy atom. The summed E-state index contributed by atoms with van der Waals surface area (Å²) in [5, 5.41) is 11.6. The summed E-state index contributed by atoms with van der Waals surface area (Å²) < 4.78 is 34.1. The van der Waals surface area contributed by atoms with E-state index in [-0.39, 0.29) is 30.1 Å². The van der Waals surface area contributed by atoms with E-state index in [1.165, 1.54) is 22.1 Å². The second-order valence-corrected chi connectivity index (χ2v) is 12.4. The van der Waals surface area contributed by atoms with Crippen LogP contribution >= 0.6 is 0 Å². The molecule has 1 aliphatic heterocycles. The fourth-order valence-electron chi connectivity index (χ4n) is 4.93. The normalized spacial score (nSPS) is 14.8. The molecule has 4 rings (SSSR count). The van der Waals surface area contributed by atoms with Crippen molar-refractivity contribution in [1.82, 2.24) is 14.3 Å². The number of hydrogen-bond acceptors (Lipinski definition) is 7. The molecule has 0 spiro atoms. The van der Waals surface area contributed by atoms with Crippen LogP contribution in [0.4, 0.5) is 5.82 Å². The monoisotopic (exact) mass is 552 g/mol. The Hall–Kier alpha value is -3.34. The third kappa shape index (κ3) is 7.84. The van der Waals surface area contributed by atoms with Gasteiger partial charge in [0.25, 0.3) is 10.0 Å². The molecule has 2 N–H and O–H groups in total. The van der Waals surface area contributed by atoms with Crippen LogP contribution in [0, 0.1) is 5.92 Å². The number of benzene rings is 1. The Kier molecular flexibility index (Phi) is 9.32. The number of sulfonamides is 1. The molecule has 0 radical (unpaired) electrons. The molecule has 0 saturated carbocycles.